The molecule has 27 heavy (non-hydrogen) atoms. The van der Waals surface area contributed by atoms with Crippen molar-refractivity contribution in [2.75, 3.05) is 26.7 Å². The fourth-order valence-corrected chi connectivity index (χ4v) is 2.29. The highest BCUT2D eigenvalue weighted by Gasteiger charge is 2.24. The monoisotopic (exact) mass is 494 g/mol. The molecule has 0 aliphatic heterocycles. The van der Waals surface area contributed by atoms with Gasteiger partial charge in [0, 0.05) is 32.1 Å². The Morgan fingerprint density at radius 1 is 1.07 bits per heavy atom. The largest absolute Gasteiger partial charge is 0.444 e. The number of halogens is 2. The van der Waals surface area contributed by atoms with Crippen LogP contribution in [-0.2, 0) is 10.2 Å². The molecule has 0 unspecified atom stereocenters. The Kier molecular flexibility index (Phi) is 10.6. The summed E-state index contributed by atoms with van der Waals surface area (Å²) in [6.07, 6.45) is -0.456. The molecule has 6 nitrogen and oxygen atoms in total. The zero-order chi connectivity index (χ0) is 19.8. The number of rotatable bonds is 6. The van der Waals surface area contributed by atoms with Gasteiger partial charge in [-0.25, -0.2) is 9.18 Å². The summed E-state index contributed by atoms with van der Waals surface area (Å²) in [6.45, 7) is 10.8. The first-order valence-electron chi connectivity index (χ1n) is 8.71. The molecule has 0 bridgehead atoms. The molecule has 1 rings (SSSR count). The molecular weight excluding hydrogens is 462 g/mol. The maximum atomic E-state index is 14.0. The summed E-state index contributed by atoms with van der Waals surface area (Å²) in [5.74, 6) is 0.365. The molecule has 0 saturated carbocycles. The summed E-state index contributed by atoms with van der Waals surface area (Å²) in [5.41, 5.74) is -0.278. The Morgan fingerprint density at radius 2 is 1.67 bits per heavy atom. The second kappa shape index (κ2) is 11.3. The van der Waals surface area contributed by atoms with Crippen LogP contribution >= 0.6 is 24.0 Å². The highest BCUT2D eigenvalue weighted by molar-refractivity contribution is 14.0. The van der Waals surface area contributed by atoms with Crippen molar-refractivity contribution >= 4 is 36.0 Å². The third-order valence-electron chi connectivity index (χ3n) is 3.61. The first-order chi connectivity index (χ1) is 12.0. The number of aliphatic imine (C=N–C) groups is 1. The lowest BCUT2D eigenvalue weighted by atomic mass is 9.84. The molecule has 1 aromatic carbocycles. The van der Waals surface area contributed by atoms with Crippen molar-refractivity contribution < 1.29 is 13.9 Å². The number of hydrogen-bond donors (Lipinski definition) is 3. The Bertz CT molecular complexity index is 630. The predicted octanol–water partition coefficient (Wildman–Crippen LogP) is 3.41. The van der Waals surface area contributed by atoms with E-state index in [0.717, 1.165) is 0 Å². The predicted molar refractivity (Wildman–Crippen MR) is 118 cm³/mol. The van der Waals surface area contributed by atoms with Gasteiger partial charge in [0.1, 0.15) is 11.4 Å². The second-order valence-electron chi connectivity index (χ2n) is 7.64. The maximum Gasteiger partial charge on any atom is 0.407 e. The van der Waals surface area contributed by atoms with Crippen LogP contribution in [0.1, 0.15) is 40.2 Å². The molecule has 0 atom stereocenters. The van der Waals surface area contributed by atoms with E-state index in [2.05, 4.69) is 20.9 Å². The number of alkyl carbamates (subject to hydrolysis) is 1. The first-order valence-corrected chi connectivity index (χ1v) is 8.71. The molecule has 1 amide bonds. The number of ether oxygens (including phenoxy) is 1. The summed E-state index contributed by atoms with van der Waals surface area (Å²) >= 11 is 0. The Morgan fingerprint density at radius 3 is 2.22 bits per heavy atom. The highest BCUT2D eigenvalue weighted by Crippen LogP contribution is 2.24. The molecule has 0 radical (unpaired) electrons. The van der Waals surface area contributed by atoms with Crippen molar-refractivity contribution in [1.82, 2.24) is 16.0 Å². The molecule has 0 heterocycles. The van der Waals surface area contributed by atoms with Gasteiger partial charge in [0.25, 0.3) is 0 Å². The van der Waals surface area contributed by atoms with Crippen molar-refractivity contribution in [2.24, 2.45) is 4.99 Å². The lowest BCUT2D eigenvalue weighted by molar-refractivity contribution is 0.0529. The van der Waals surface area contributed by atoms with Crippen LogP contribution in [-0.4, -0.2) is 44.3 Å². The molecule has 3 N–H and O–H groups in total. The molecule has 8 heteroatoms. The molecule has 0 aliphatic carbocycles. The molecule has 0 fully saturated rings. The third-order valence-corrected chi connectivity index (χ3v) is 3.61. The van der Waals surface area contributed by atoms with E-state index in [1.807, 2.05) is 40.7 Å². The fourth-order valence-electron chi connectivity index (χ4n) is 2.29. The number of amides is 1. The van der Waals surface area contributed by atoms with E-state index in [9.17, 15) is 9.18 Å². The average molecular weight is 494 g/mol. The quantitative estimate of drug-likeness (QED) is 0.245. The Hall–Kier alpha value is -1.58. The van der Waals surface area contributed by atoms with E-state index in [1.54, 1.807) is 19.2 Å². The standard InChI is InChI=1S/C19H31FN4O2.HI/c1-18(2,3)26-17(25)23-12-11-22-16(21-6)24-13-19(4,5)14-9-7-8-10-15(14)20;/h7-10H,11-13H2,1-6H3,(H,23,25)(H2,21,22,24);1H. The summed E-state index contributed by atoms with van der Waals surface area (Å²) in [7, 11) is 1.66. The minimum Gasteiger partial charge on any atom is -0.444 e. The Labute approximate surface area is 178 Å². The van der Waals surface area contributed by atoms with Gasteiger partial charge in [0.15, 0.2) is 5.96 Å². The summed E-state index contributed by atoms with van der Waals surface area (Å²) in [5, 5.41) is 8.96. The first kappa shape index (κ1) is 25.4. The molecule has 0 saturated heterocycles. The van der Waals surface area contributed by atoms with Crippen LogP contribution in [0.25, 0.3) is 0 Å². The van der Waals surface area contributed by atoms with Crippen LogP contribution in [0.3, 0.4) is 0 Å². The highest BCUT2D eigenvalue weighted by atomic mass is 127. The van der Waals surface area contributed by atoms with Gasteiger partial charge in [0.05, 0.1) is 0 Å². The molecule has 1 aromatic rings. The van der Waals surface area contributed by atoms with Crippen molar-refractivity contribution in [3.05, 3.63) is 35.6 Å². The zero-order valence-electron chi connectivity index (χ0n) is 17.0. The summed E-state index contributed by atoms with van der Waals surface area (Å²) in [4.78, 5) is 15.7. The number of carbonyl (C=O) groups excluding carboxylic acids is 1. The fraction of sp³-hybridized carbons (Fsp3) is 0.579. The average Bonchev–Trinajstić information content (AvgIpc) is 2.52. The van der Waals surface area contributed by atoms with Crippen LogP contribution < -0.4 is 16.0 Å². The van der Waals surface area contributed by atoms with E-state index in [4.69, 9.17) is 4.74 Å². The maximum absolute atomic E-state index is 14.0. The van der Waals surface area contributed by atoms with Crippen LogP contribution in [0.2, 0.25) is 0 Å². The SMILES string of the molecule is CN=C(NCCNC(=O)OC(C)(C)C)NCC(C)(C)c1ccccc1F.I. The second-order valence-corrected chi connectivity index (χ2v) is 7.64. The summed E-state index contributed by atoms with van der Waals surface area (Å²) in [6, 6.07) is 6.76. The van der Waals surface area contributed by atoms with E-state index in [0.29, 0.717) is 31.2 Å². The van der Waals surface area contributed by atoms with Gasteiger partial charge in [-0.15, -0.1) is 24.0 Å². The number of nitrogens with zero attached hydrogens (tertiary/aromatic N) is 1. The van der Waals surface area contributed by atoms with Gasteiger partial charge in [-0.05, 0) is 32.4 Å². The Balaban J connectivity index is 0.00000676. The van der Waals surface area contributed by atoms with Crippen molar-refractivity contribution in [3.8, 4) is 0 Å². The smallest absolute Gasteiger partial charge is 0.407 e. The van der Waals surface area contributed by atoms with Crippen LogP contribution in [0.15, 0.2) is 29.3 Å². The van der Waals surface area contributed by atoms with E-state index in [1.165, 1.54) is 6.07 Å². The van der Waals surface area contributed by atoms with Gasteiger partial charge in [-0.2, -0.15) is 0 Å². The molecule has 0 spiro atoms. The number of guanidine groups is 1. The van der Waals surface area contributed by atoms with Gasteiger partial charge < -0.3 is 20.7 Å². The molecule has 154 valence electrons. The molecule has 0 aliphatic rings. The third kappa shape index (κ3) is 9.78. The lowest BCUT2D eigenvalue weighted by Crippen LogP contribution is -2.46. The van der Waals surface area contributed by atoms with E-state index in [-0.39, 0.29) is 29.8 Å². The normalized spacial score (nSPS) is 12.0. The molecule has 0 aromatic heterocycles. The lowest BCUT2D eigenvalue weighted by Gasteiger charge is -2.27. The van der Waals surface area contributed by atoms with E-state index >= 15 is 0 Å². The van der Waals surface area contributed by atoms with Gasteiger partial charge in [-0.3, -0.25) is 4.99 Å². The topological polar surface area (TPSA) is 74.8 Å². The van der Waals surface area contributed by atoms with Crippen LogP contribution in [0.4, 0.5) is 9.18 Å². The van der Waals surface area contributed by atoms with Crippen molar-refractivity contribution in [2.45, 2.75) is 45.6 Å². The van der Waals surface area contributed by atoms with Crippen molar-refractivity contribution in [1.29, 1.82) is 0 Å². The van der Waals surface area contributed by atoms with Crippen LogP contribution in [0.5, 0.6) is 0 Å². The van der Waals surface area contributed by atoms with E-state index < -0.39 is 17.1 Å². The number of hydrogen-bond acceptors (Lipinski definition) is 3. The number of benzene rings is 1. The number of carbonyl (C=O) groups is 1. The minimum atomic E-state index is -0.520. The van der Waals surface area contributed by atoms with Crippen LogP contribution in [0, 0.1) is 5.82 Å². The zero-order valence-corrected chi connectivity index (χ0v) is 19.3. The van der Waals surface area contributed by atoms with Crippen molar-refractivity contribution in [3.63, 3.8) is 0 Å². The van der Waals surface area contributed by atoms with Gasteiger partial charge in [0.2, 0.25) is 0 Å². The minimum absolute atomic E-state index is 0. The number of nitrogens with one attached hydrogen (secondary N) is 3. The summed E-state index contributed by atoms with van der Waals surface area (Å²) < 4.78 is 19.2. The van der Waals surface area contributed by atoms with Gasteiger partial charge >= 0.3 is 6.09 Å². The molecular formula is C19H32FIN4O2. The van der Waals surface area contributed by atoms with Gasteiger partial charge in [-0.1, -0.05) is 32.0 Å².